The minimum absolute atomic E-state index is 0.0295. The van der Waals surface area contributed by atoms with Crippen molar-refractivity contribution in [1.29, 1.82) is 0 Å². The molecule has 0 saturated carbocycles. The highest BCUT2D eigenvalue weighted by Crippen LogP contribution is 2.35. The smallest absolute Gasteiger partial charge is 0.242 e. The molecule has 0 bridgehead atoms. The van der Waals surface area contributed by atoms with Gasteiger partial charge in [-0.3, -0.25) is 9.59 Å². The van der Waals surface area contributed by atoms with Gasteiger partial charge in [-0.2, -0.15) is 0 Å². The highest BCUT2D eigenvalue weighted by molar-refractivity contribution is 8.20. The van der Waals surface area contributed by atoms with Crippen molar-refractivity contribution in [3.63, 3.8) is 0 Å². The summed E-state index contributed by atoms with van der Waals surface area (Å²) in [6.45, 7) is 7.78. The molecule has 0 aromatic carbocycles. The second kappa shape index (κ2) is 10.4. The molecule has 22 heavy (non-hydrogen) atoms. The molecular formula is C16H30N2O2S2. The van der Waals surface area contributed by atoms with E-state index in [1.165, 1.54) is 6.92 Å². The van der Waals surface area contributed by atoms with E-state index in [-0.39, 0.29) is 17.9 Å². The number of amides is 2. The van der Waals surface area contributed by atoms with Gasteiger partial charge < -0.3 is 10.6 Å². The zero-order chi connectivity index (χ0) is 16.5. The number of carbonyl (C=O) groups is 2. The first-order chi connectivity index (χ1) is 10.4. The summed E-state index contributed by atoms with van der Waals surface area (Å²) < 4.78 is 0.451. The normalized spacial score (nSPS) is 18.2. The Labute approximate surface area is 143 Å². The number of hydrogen-bond acceptors (Lipinski definition) is 4. The zero-order valence-electron chi connectivity index (χ0n) is 14.2. The molecule has 1 heterocycles. The van der Waals surface area contributed by atoms with E-state index in [4.69, 9.17) is 0 Å². The van der Waals surface area contributed by atoms with Gasteiger partial charge in [-0.1, -0.05) is 33.6 Å². The molecule has 0 radical (unpaired) electrons. The van der Waals surface area contributed by atoms with E-state index >= 15 is 0 Å². The fraction of sp³-hybridized carbons (Fsp3) is 0.875. The Kier molecular flexibility index (Phi) is 9.33. The van der Waals surface area contributed by atoms with Crippen LogP contribution in [0.2, 0.25) is 0 Å². The number of hydrogen-bond donors (Lipinski definition) is 2. The van der Waals surface area contributed by atoms with Crippen molar-refractivity contribution in [2.45, 2.75) is 70.0 Å². The van der Waals surface area contributed by atoms with Crippen molar-refractivity contribution < 1.29 is 9.59 Å². The van der Waals surface area contributed by atoms with Gasteiger partial charge >= 0.3 is 0 Å². The maximum Gasteiger partial charge on any atom is 0.242 e. The molecule has 1 fully saturated rings. The van der Waals surface area contributed by atoms with Crippen LogP contribution in [-0.4, -0.2) is 40.0 Å². The van der Waals surface area contributed by atoms with Crippen molar-refractivity contribution in [3.8, 4) is 0 Å². The van der Waals surface area contributed by atoms with Crippen LogP contribution in [0.1, 0.15) is 53.4 Å². The van der Waals surface area contributed by atoms with E-state index in [9.17, 15) is 9.59 Å². The molecule has 1 unspecified atom stereocenters. The number of rotatable bonds is 9. The molecule has 1 aliphatic heterocycles. The summed E-state index contributed by atoms with van der Waals surface area (Å²) in [7, 11) is 0. The SMILES string of the molecule is CCCCC(NC(=O)[C@H](CC(C)C)NC(C)=O)C1SCCS1. The Morgan fingerprint density at radius 3 is 2.32 bits per heavy atom. The molecule has 0 aliphatic carbocycles. The first-order valence-electron chi connectivity index (χ1n) is 8.24. The zero-order valence-corrected chi connectivity index (χ0v) is 15.8. The first kappa shape index (κ1) is 19.7. The largest absolute Gasteiger partial charge is 0.350 e. The van der Waals surface area contributed by atoms with Crippen LogP contribution < -0.4 is 10.6 Å². The number of unbranched alkanes of at least 4 members (excludes halogenated alkanes) is 1. The maximum absolute atomic E-state index is 12.6. The number of nitrogens with one attached hydrogen (secondary N) is 2. The van der Waals surface area contributed by atoms with Crippen molar-refractivity contribution >= 4 is 35.3 Å². The topological polar surface area (TPSA) is 58.2 Å². The third kappa shape index (κ3) is 7.27. The molecule has 6 heteroatoms. The summed E-state index contributed by atoms with van der Waals surface area (Å²) in [4.78, 5) is 24.0. The third-order valence-electron chi connectivity index (χ3n) is 3.57. The highest BCUT2D eigenvalue weighted by Gasteiger charge is 2.30. The van der Waals surface area contributed by atoms with Crippen LogP contribution in [0.4, 0.5) is 0 Å². The highest BCUT2D eigenvalue weighted by atomic mass is 32.2. The fourth-order valence-corrected chi connectivity index (χ4v) is 5.61. The molecule has 0 aromatic rings. The van der Waals surface area contributed by atoms with Gasteiger partial charge in [0.25, 0.3) is 0 Å². The molecule has 1 rings (SSSR count). The Morgan fingerprint density at radius 1 is 1.18 bits per heavy atom. The van der Waals surface area contributed by atoms with Gasteiger partial charge in [0, 0.05) is 24.5 Å². The van der Waals surface area contributed by atoms with Gasteiger partial charge in [-0.05, 0) is 18.8 Å². The van der Waals surface area contributed by atoms with Gasteiger partial charge in [-0.15, -0.1) is 23.5 Å². The van der Waals surface area contributed by atoms with Gasteiger partial charge in [0.2, 0.25) is 11.8 Å². The fourth-order valence-electron chi connectivity index (χ4n) is 2.54. The van der Waals surface area contributed by atoms with E-state index in [2.05, 4.69) is 31.4 Å². The maximum atomic E-state index is 12.6. The lowest BCUT2D eigenvalue weighted by molar-refractivity contribution is -0.128. The van der Waals surface area contributed by atoms with Crippen LogP contribution >= 0.6 is 23.5 Å². The van der Waals surface area contributed by atoms with Crippen molar-refractivity contribution in [2.24, 2.45) is 5.92 Å². The molecule has 0 aromatic heterocycles. The second-order valence-electron chi connectivity index (χ2n) is 6.25. The van der Waals surface area contributed by atoms with Gasteiger partial charge in [-0.25, -0.2) is 0 Å². The van der Waals surface area contributed by atoms with E-state index in [0.29, 0.717) is 16.9 Å². The minimum Gasteiger partial charge on any atom is -0.350 e. The molecular weight excluding hydrogens is 316 g/mol. The average Bonchev–Trinajstić information content (AvgIpc) is 2.95. The molecule has 0 spiro atoms. The van der Waals surface area contributed by atoms with Gasteiger partial charge in [0.05, 0.1) is 4.58 Å². The van der Waals surface area contributed by atoms with Crippen molar-refractivity contribution in [3.05, 3.63) is 0 Å². The average molecular weight is 347 g/mol. The summed E-state index contributed by atoms with van der Waals surface area (Å²) in [6.07, 6.45) is 3.95. The van der Waals surface area contributed by atoms with E-state index in [1.807, 2.05) is 23.5 Å². The summed E-state index contributed by atoms with van der Waals surface area (Å²) in [6, 6.07) is -0.216. The van der Waals surface area contributed by atoms with E-state index in [1.54, 1.807) is 0 Å². The first-order valence-corrected chi connectivity index (χ1v) is 10.3. The lowest BCUT2D eigenvalue weighted by Crippen LogP contribution is -2.51. The van der Waals surface area contributed by atoms with Gasteiger partial charge in [0.15, 0.2) is 0 Å². The summed E-state index contributed by atoms with van der Waals surface area (Å²) in [5.74, 6) is 2.52. The van der Waals surface area contributed by atoms with Crippen LogP contribution in [0, 0.1) is 5.92 Å². The Bertz CT molecular complexity index is 358. The Morgan fingerprint density at radius 2 is 1.82 bits per heavy atom. The molecule has 1 saturated heterocycles. The molecule has 4 nitrogen and oxygen atoms in total. The lowest BCUT2D eigenvalue weighted by atomic mass is 10.0. The third-order valence-corrected chi connectivity index (χ3v) is 6.84. The molecule has 2 amide bonds. The van der Waals surface area contributed by atoms with Gasteiger partial charge in [0.1, 0.15) is 6.04 Å². The molecule has 1 aliphatic rings. The monoisotopic (exact) mass is 346 g/mol. The summed E-state index contributed by atoms with van der Waals surface area (Å²) in [5, 5.41) is 6.01. The number of thioether (sulfide) groups is 2. The second-order valence-corrected chi connectivity index (χ2v) is 9.05. The van der Waals surface area contributed by atoms with Crippen LogP contribution in [0.5, 0.6) is 0 Å². The predicted octanol–water partition coefficient (Wildman–Crippen LogP) is 3.02. The lowest BCUT2D eigenvalue weighted by Gasteiger charge is -2.27. The van der Waals surface area contributed by atoms with Crippen LogP contribution in [-0.2, 0) is 9.59 Å². The standard InChI is InChI=1S/C16H30N2O2S2/c1-5-6-7-13(16-21-8-9-22-16)18-15(20)14(10-11(2)3)17-12(4)19/h11,13-14,16H,5-10H2,1-4H3,(H,17,19)(H,18,20)/t13?,14-/m0/s1. The van der Waals surface area contributed by atoms with Crippen molar-refractivity contribution in [1.82, 2.24) is 10.6 Å². The van der Waals surface area contributed by atoms with Crippen LogP contribution in [0.15, 0.2) is 0 Å². The Balaban J connectivity index is 2.65. The molecule has 128 valence electrons. The quantitative estimate of drug-likeness (QED) is 0.674. The van der Waals surface area contributed by atoms with Crippen LogP contribution in [0.3, 0.4) is 0 Å². The summed E-state index contributed by atoms with van der Waals surface area (Å²) in [5.41, 5.74) is 0. The number of carbonyl (C=O) groups excluding carboxylic acids is 2. The molecule has 2 N–H and O–H groups in total. The Hall–Kier alpha value is -0.360. The minimum atomic E-state index is -0.418. The van der Waals surface area contributed by atoms with Crippen LogP contribution in [0.25, 0.3) is 0 Å². The summed E-state index contributed by atoms with van der Waals surface area (Å²) >= 11 is 3.89. The van der Waals surface area contributed by atoms with Crippen molar-refractivity contribution in [2.75, 3.05) is 11.5 Å². The molecule has 2 atom stereocenters. The van der Waals surface area contributed by atoms with E-state index < -0.39 is 6.04 Å². The van der Waals surface area contributed by atoms with E-state index in [0.717, 1.165) is 30.8 Å². The predicted molar refractivity (Wildman–Crippen MR) is 97.2 cm³/mol.